The van der Waals surface area contributed by atoms with Gasteiger partial charge in [-0.1, -0.05) is 18.2 Å². The molecule has 1 aliphatic heterocycles. The zero-order valence-electron chi connectivity index (χ0n) is 17.6. The summed E-state index contributed by atoms with van der Waals surface area (Å²) >= 11 is 0. The average Bonchev–Trinajstić information content (AvgIpc) is 3.22. The summed E-state index contributed by atoms with van der Waals surface area (Å²) in [7, 11) is 0. The third-order valence-corrected chi connectivity index (χ3v) is 4.33. The molecule has 1 aromatic carbocycles. The predicted octanol–water partition coefficient (Wildman–Crippen LogP) is 2.17. The Hall–Kier alpha value is -3.10. The lowest BCUT2D eigenvalue weighted by Crippen LogP contribution is -2.49. The number of carbonyl (C=O) groups is 4. The number of benzene rings is 1. The van der Waals surface area contributed by atoms with Gasteiger partial charge in [-0.15, -0.1) is 0 Å². The summed E-state index contributed by atoms with van der Waals surface area (Å²) in [4.78, 5) is 55.3. The molecule has 0 aliphatic carbocycles. The fourth-order valence-corrected chi connectivity index (χ4v) is 2.93. The highest BCUT2D eigenvalue weighted by atomic mass is 16.7. The third kappa shape index (κ3) is 7.73. The van der Waals surface area contributed by atoms with Crippen LogP contribution >= 0.6 is 0 Å². The van der Waals surface area contributed by atoms with Crippen LogP contribution in [0.2, 0.25) is 0 Å². The van der Waals surface area contributed by atoms with Crippen molar-refractivity contribution < 1.29 is 28.8 Å². The first-order chi connectivity index (χ1) is 14.2. The van der Waals surface area contributed by atoms with Crippen molar-refractivity contribution >= 4 is 23.9 Å². The van der Waals surface area contributed by atoms with E-state index in [1.165, 1.54) is 0 Å². The van der Waals surface area contributed by atoms with Crippen LogP contribution in [0.25, 0.3) is 0 Å². The molecule has 1 fully saturated rings. The molecule has 1 aromatic rings. The topological polar surface area (TPSA) is 114 Å². The van der Waals surface area contributed by atoms with Crippen LogP contribution in [0.5, 0.6) is 0 Å². The van der Waals surface area contributed by atoms with Crippen molar-refractivity contribution in [2.45, 2.75) is 58.1 Å². The van der Waals surface area contributed by atoms with E-state index in [-0.39, 0.29) is 18.7 Å². The summed E-state index contributed by atoms with van der Waals surface area (Å²) in [6.45, 7) is 6.40. The largest absolute Gasteiger partial charge is 0.444 e. The molecule has 9 heteroatoms. The Morgan fingerprint density at radius 2 is 1.70 bits per heavy atom. The summed E-state index contributed by atoms with van der Waals surface area (Å²) in [5.74, 6) is -1.53. The van der Waals surface area contributed by atoms with Gasteiger partial charge in [-0.3, -0.25) is 9.59 Å². The lowest BCUT2D eigenvalue weighted by molar-refractivity contribution is -0.133. The molecule has 2 N–H and O–H groups in total. The maximum Gasteiger partial charge on any atom is 0.408 e. The second kappa shape index (κ2) is 10.6. The molecule has 9 nitrogen and oxygen atoms in total. The standard InChI is InChI=1S/C21H29N3O6/c1-21(2,3)29-20(28)22-16(18(26)24-13-7-8-14-24)11-12-17(25)23-30-19(27)15-9-5-4-6-10-15/h4-6,9-10,16H,7-8,11-14H2,1-3H3,(H,22,28)(H,23,25)/t16-/m0/s1. The molecule has 1 heterocycles. The van der Waals surface area contributed by atoms with E-state index in [0.717, 1.165) is 12.8 Å². The number of ether oxygens (including phenoxy) is 1. The van der Waals surface area contributed by atoms with E-state index >= 15 is 0 Å². The monoisotopic (exact) mass is 419 g/mol. The number of nitrogens with zero attached hydrogens (tertiary/aromatic N) is 1. The molecule has 0 saturated carbocycles. The average molecular weight is 419 g/mol. The Morgan fingerprint density at radius 1 is 1.07 bits per heavy atom. The van der Waals surface area contributed by atoms with E-state index in [0.29, 0.717) is 18.7 Å². The molecule has 1 aliphatic rings. The minimum atomic E-state index is -0.909. The van der Waals surface area contributed by atoms with Crippen LogP contribution in [0.1, 0.15) is 56.8 Å². The fraction of sp³-hybridized carbons (Fsp3) is 0.524. The first-order valence-corrected chi connectivity index (χ1v) is 9.99. The number of nitrogens with one attached hydrogen (secondary N) is 2. The zero-order chi connectivity index (χ0) is 22.1. The van der Waals surface area contributed by atoms with Crippen LogP contribution < -0.4 is 10.8 Å². The highest BCUT2D eigenvalue weighted by Crippen LogP contribution is 2.13. The lowest BCUT2D eigenvalue weighted by Gasteiger charge is -2.26. The normalized spacial score (nSPS) is 14.6. The van der Waals surface area contributed by atoms with Gasteiger partial charge in [0.2, 0.25) is 5.91 Å². The van der Waals surface area contributed by atoms with Crippen LogP contribution in [0, 0.1) is 0 Å². The Kier molecular flexibility index (Phi) is 8.20. The van der Waals surface area contributed by atoms with Gasteiger partial charge in [0.05, 0.1) is 5.56 Å². The van der Waals surface area contributed by atoms with Gasteiger partial charge >= 0.3 is 12.1 Å². The molecule has 0 aromatic heterocycles. The van der Waals surface area contributed by atoms with Crippen molar-refractivity contribution in [2.24, 2.45) is 0 Å². The van der Waals surface area contributed by atoms with E-state index < -0.39 is 29.6 Å². The van der Waals surface area contributed by atoms with Crippen LogP contribution in [0.3, 0.4) is 0 Å². The summed E-state index contributed by atoms with van der Waals surface area (Å²) in [6.07, 6.45) is 1.00. The quantitative estimate of drug-likeness (QED) is 0.683. The van der Waals surface area contributed by atoms with Gasteiger partial charge in [0.1, 0.15) is 11.6 Å². The van der Waals surface area contributed by atoms with Crippen LogP contribution in [0.15, 0.2) is 30.3 Å². The molecule has 0 bridgehead atoms. The third-order valence-electron chi connectivity index (χ3n) is 4.33. The van der Waals surface area contributed by atoms with E-state index in [2.05, 4.69) is 10.8 Å². The maximum atomic E-state index is 12.7. The van der Waals surface area contributed by atoms with Gasteiger partial charge in [-0.2, -0.15) is 5.48 Å². The predicted molar refractivity (Wildman–Crippen MR) is 108 cm³/mol. The van der Waals surface area contributed by atoms with Gasteiger partial charge in [0, 0.05) is 19.5 Å². The maximum absolute atomic E-state index is 12.7. The van der Waals surface area contributed by atoms with Crippen molar-refractivity contribution in [3.8, 4) is 0 Å². The van der Waals surface area contributed by atoms with Gasteiger partial charge in [0.25, 0.3) is 5.91 Å². The summed E-state index contributed by atoms with van der Waals surface area (Å²) in [5.41, 5.74) is 1.66. The summed E-state index contributed by atoms with van der Waals surface area (Å²) in [6, 6.07) is 7.32. The smallest absolute Gasteiger partial charge is 0.408 e. The molecule has 0 spiro atoms. The lowest BCUT2D eigenvalue weighted by atomic mass is 10.1. The number of rotatable bonds is 6. The number of hydrogen-bond acceptors (Lipinski definition) is 6. The summed E-state index contributed by atoms with van der Waals surface area (Å²) in [5, 5.41) is 2.56. The van der Waals surface area contributed by atoms with Crippen LogP contribution in [0.4, 0.5) is 4.79 Å². The first kappa shape index (κ1) is 23.2. The number of hydrogen-bond donors (Lipinski definition) is 2. The second-order valence-corrected chi connectivity index (χ2v) is 8.05. The van der Waals surface area contributed by atoms with Crippen LogP contribution in [-0.2, 0) is 19.2 Å². The number of alkyl carbamates (subject to hydrolysis) is 1. The Morgan fingerprint density at radius 3 is 2.30 bits per heavy atom. The number of likely N-dealkylation sites (tertiary alicyclic amines) is 1. The molecule has 30 heavy (non-hydrogen) atoms. The first-order valence-electron chi connectivity index (χ1n) is 9.99. The Bertz CT molecular complexity index is 754. The van der Waals surface area contributed by atoms with Gasteiger partial charge in [-0.25, -0.2) is 9.59 Å². The number of carbonyl (C=O) groups excluding carboxylic acids is 4. The molecule has 164 valence electrons. The van der Waals surface area contributed by atoms with E-state index in [4.69, 9.17) is 9.57 Å². The van der Waals surface area contributed by atoms with Gasteiger partial charge in [-0.05, 0) is 52.2 Å². The van der Waals surface area contributed by atoms with Crippen molar-refractivity contribution in [3.05, 3.63) is 35.9 Å². The molecule has 2 rings (SSSR count). The van der Waals surface area contributed by atoms with Crippen molar-refractivity contribution in [1.29, 1.82) is 0 Å². The minimum Gasteiger partial charge on any atom is -0.444 e. The number of amides is 3. The molecule has 0 unspecified atom stereocenters. The molecule has 0 radical (unpaired) electrons. The minimum absolute atomic E-state index is 0.0449. The molecular weight excluding hydrogens is 390 g/mol. The van der Waals surface area contributed by atoms with E-state index in [9.17, 15) is 19.2 Å². The molecule has 1 saturated heterocycles. The van der Waals surface area contributed by atoms with E-state index in [1.54, 1.807) is 56.0 Å². The van der Waals surface area contributed by atoms with Gasteiger partial charge < -0.3 is 19.8 Å². The molecule has 3 amide bonds. The Balaban J connectivity index is 1.89. The van der Waals surface area contributed by atoms with Crippen molar-refractivity contribution in [1.82, 2.24) is 15.7 Å². The van der Waals surface area contributed by atoms with E-state index in [1.807, 2.05) is 0 Å². The number of hydroxylamine groups is 1. The molecular formula is C21H29N3O6. The second-order valence-electron chi connectivity index (χ2n) is 8.05. The highest BCUT2D eigenvalue weighted by Gasteiger charge is 2.30. The molecule has 1 atom stereocenters. The van der Waals surface area contributed by atoms with Gasteiger partial charge in [0.15, 0.2) is 0 Å². The van der Waals surface area contributed by atoms with Crippen molar-refractivity contribution in [3.63, 3.8) is 0 Å². The zero-order valence-corrected chi connectivity index (χ0v) is 17.6. The Labute approximate surface area is 176 Å². The highest BCUT2D eigenvalue weighted by molar-refractivity contribution is 5.90. The van der Waals surface area contributed by atoms with Crippen molar-refractivity contribution in [2.75, 3.05) is 13.1 Å². The fourth-order valence-electron chi connectivity index (χ4n) is 2.93. The summed E-state index contributed by atoms with van der Waals surface area (Å²) < 4.78 is 5.23. The van der Waals surface area contributed by atoms with Crippen LogP contribution in [-0.4, -0.2) is 53.5 Å². The SMILES string of the molecule is CC(C)(C)OC(=O)N[C@@H](CCC(=O)NOC(=O)c1ccccc1)C(=O)N1CCCC1.